The van der Waals surface area contributed by atoms with E-state index in [4.69, 9.17) is 5.73 Å². The van der Waals surface area contributed by atoms with Gasteiger partial charge in [0.25, 0.3) is 5.56 Å². The lowest BCUT2D eigenvalue weighted by atomic mass is 9.95. The van der Waals surface area contributed by atoms with Crippen molar-refractivity contribution in [1.29, 1.82) is 0 Å². The highest BCUT2D eigenvalue weighted by Crippen LogP contribution is 2.17. The Morgan fingerprint density at radius 3 is 3.05 bits per heavy atom. The third-order valence-corrected chi connectivity index (χ3v) is 5.14. The van der Waals surface area contributed by atoms with Crippen molar-refractivity contribution >= 4 is 16.3 Å². The molecule has 1 aliphatic rings. The Hall–Kier alpha value is -1.31. The molecule has 114 valence electrons. The molecule has 0 aliphatic carbocycles. The highest BCUT2D eigenvalue weighted by Gasteiger charge is 2.23. The Morgan fingerprint density at radius 1 is 1.52 bits per heavy atom. The van der Waals surface area contributed by atoms with Crippen LogP contribution in [0.3, 0.4) is 0 Å². The second-order valence-corrected chi connectivity index (χ2v) is 6.83. The number of nitrogens with two attached hydrogens (primary N) is 1. The minimum atomic E-state index is -0.0901. The molecule has 7 heteroatoms. The van der Waals surface area contributed by atoms with E-state index in [1.54, 1.807) is 6.07 Å². The van der Waals surface area contributed by atoms with Gasteiger partial charge < -0.3 is 5.73 Å². The van der Waals surface area contributed by atoms with Gasteiger partial charge in [-0.05, 0) is 18.8 Å². The number of aromatic nitrogens is 3. The third kappa shape index (κ3) is 3.00. The Labute approximate surface area is 127 Å². The number of rotatable bonds is 3. The maximum Gasteiger partial charge on any atom is 0.275 e. The molecule has 1 saturated heterocycles. The molecular weight excluding hydrogens is 286 g/mol. The van der Waals surface area contributed by atoms with Crippen LogP contribution in [0.5, 0.6) is 0 Å². The second-order valence-electron chi connectivity index (χ2n) is 5.79. The highest BCUT2D eigenvalue weighted by molar-refractivity contribution is 7.16. The van der Waals surface area contributed by atoms with Gasteiger partial charge in [0.2, 0.25) is 4.96 Å². The predicted molar refractivity (Wildman–Crippen MR) is 83.5 cm³/mol. The SMILES string of the molecule is CCc1nn2c(=O)cc(CN3CCC(N)C(C)C3)nc2s1. The summed E-state index contributed by atoms with van der Waals surface area (Å²) < 4.78 is 1.40. The van der Waals surface area contributed by atoms with Crippen molar-refractivity contribution in [2.24, 2.45) is 11.7 Å². The third-order valence-electron chi connectivity index (χ3n) is 4.08. The van der Waals surface area contributed by atoms with E-state index in [0.717, 1.165) is 36.6 Å². The summed E-state index contributed by atoms with van der Waals surface area (Å²) in [5.41, 5.74) is 6.79. The van der Waals surface area contributed by atoms with Gasteiger partial charge in [0.1, 0.15) is 5.01 Å². The summed E-state index contributed by atoms with van der Waals surface area (Å²) in [6.45, 7) is 6.85. The summed E-state index contributed by atoms with van der Waals surface area (Å²) in [6, 6.07) is 1.89. The van der Waals surface area contributed by atoms with Crippen LogP contribution >= 0.6 is 11.3 Å². The predicted octanol–water partition coefficient (Wildman–Crippen LogP) is 0.882. The van der Waals surface area contributed by atoms with Crippen LogP contribution in [0, 0.1) is 5.92 Å². The first-order valence-electron chi connectivity index (χ1n) is 7.43. The van der Waals surface area contributed by atoms with E-state index in [0.29, 0.717) is 17.4 Å². The van der Waals surface area contributed by atoms with Gasteiger partial charge in [-0.15, -0.1) is 0 Å². The van der Waals surface area contributed by atoms with E-state index in [1.165, 1.54) is 15.9 Å². The average Bonchev–Trinajstić information content (AvgIpc) is 2.87. The minimum Gasteiger partial charge on any atom is -0.327 e. The van der Waals surface area contributed by atoms with Crippen molar-refractivity contribution in [3.63, 3.8) is 0 Å². The molecule has 6 nitrogen and oxygen atoms in total. The molecule has 21 heavy (non-hydrogen) atoms. The van der Waals surface area contributed by atoms with Gasteiger partial charge in [-0.3, -0.25) is 9.69 Å². The van der Waals surface area contributed by atoms with Gasteiger partial charge in [-0.25, -0.2) is 4.98 Å². The molecule has 2 atom stereocenters. The summed E-state index contributed by atoms with van der Waals surface area (Å²) in [7, 11) is 0. The monoisotopic (exact) mass is 307 g/mol. The van der Waals surface area contributed by atoms with E-state index in [-0.39, 0.29) is 11.6 Å². The molecule has 1 fully saturated rings. The fourth-order valence-electron chi connectivity index (χ4n) is 2.74. The lowest BCUT2D eigenvalue weighted by Gasteiger charge is -2.34. The van der Waals surface area contributed by atoms with Gasteiger partial charge >= 0.3 is 0 Å². The first-order chi connectivity index (χ1) is 10.1. The summed E-state index contributed by atoms with van der Waals surface area (Å²) in [6.07, 6.45) is 1.83. The zero-order valence-corrected chi connectivity index (χ0v) is 13.3. The van der Waals surface area contributed by atoms with E-state index in [9.17, 15) is 4.79 Å². The number of hydrogen-bond donors (Lipinski definition) is 1. The summed E-state index contributed by atoms with van der Waals surface area (Å²) in [5, 5.41) is 5.21. The quantitative estimate of drug-likeness (QED) is 0.911. The van der Waals surface area contributed by atoms with Crippen molar-refractivity contribution in [2.45, 2.75) is 39.3 Å². The van der Waals surface area contributed by atoms with Gasteiger partial charge in [0.05, 0.1) is 5.69 Å². The fourth-order valence-corrected chi connectivity index (χ4v) is 3.60. The number of hydrogen-bond acceptors (Lipinski definition) is 6. The Kier molecular flexibility index (Phi) is 4.05. The highest BCUT2D eigenvalue weighted by atomic mass is 32.1. The van der Waals surface area contributed by atoms with Crippen LogP contribution < -0.4 is 11.3 Å². The molecule has 3 heterocycles. The number of aryl methyl sites for hydroxylation is 1. The standard InChI is InChI=1S/C14H21N5OS/c1-3-12-17-19-13(20)6-10(16-14(19)21-12)8-18-5-4-11(15)9(2)7-18/h6,9,11H,3-5,7-8,15H2,1-2H3. The second kappa shape index (κ2) is 5.82. The zero-order chi connectivity index (χ0) is 15.0. The smallest absolute Gasteiger partial charge is 0.275 e. The number of piperidine rings is 1. The van der Waals surface area contributed by atoms with Crippen molar-refractivity contribution in [3.8, 4) is 0 Å². The molecule has 2 aromatic heterocycles. The van der Waals surface area contributed by atoms with E-state index < -0.39 is 0 Å². The molecule has 0 saturated carbocycles. The summed E-state index contributed by atoms with van der Waals surface area (Å²) in [5.74, 6) is 0.485. The molecular formula is C14H21N5OS. The molecule has 0 spiro atoms. The largest absolute Gasteiger partial charge is 0.327 e. The summed E-state index contributed by atoms with van der Waals surface area (Å²) >= 11 is 1.49. The molecule has 2 unspecified atom stereocenters. The van der Waals surface area contributed by atoms with Gasteiger partial charge in [-0.1, -0.05) is 25.2 Å². The molecule has 0 bridgehead atoms. The van der Waals surface area contributed by atoms with Crippen LogP contribution in [0.15, 0.2) is 10.9 Å². The van der Waals surface area contributed by atoms with E-state index in [2.05, 4.69) is 21.9 Å². The van der Waals surface area contributed by atoms with Gasteiger partial charge in [-0.2, -0.15) is 9.61 Å². The number of likely N-dealkylation sites (tertiary alicyclic amines) is 1. The molecule has 0 radical (unpaired) electrons. The molecule has 3 rings (SSSR count). The minimum absolute atomic E-state index is 0.0901. The lowest BCUT2D eigenvalue weighted by Crippen LogP contribution is -2.45. The van der Waals surface area contributed by atoms with Crippen LogP contribution in [-0.4, -0.2) is 38.6 Å². The van der Waals surface area contributed by atoms with Gasteiger partial charge in [0, 0.05) is 31.7 Å². The zero-order valence-electron chi connectivity index (χ0n) is 12.5. The maximum absolute atomic E-state index is 12.1. The van der Waals surface area contributed by atoms with Crippen LogP contribution in [0.2, 0.25) is 0 Å². The Morgan fingerprint density at radius 2 is 2.33 bits per heavy atom. The molecule has 2 aromatic rings. The normalized spacial score (nSPS) is 23.8. The average molecular weight is 307 g/mol. The first kappa shape index (κ1) is 14.6. The Bertz CT molecular complexity index is 694. The first-order valence-corrected chi connectivity index (χ1v) is 8.25. The van der Waals surface area contributed by atoms with Crippen molar-refractivity contribution in [2.75, 3.05) is 13.1 Å². The number of fused-ring (bicyclic) bond motifs is 1. The van der Waals surface area contributed by atoms with Crippen LogP contribution in [0.25, 0.3) is 4.96 Å². The Balaban J connectivity index is 1.82. The van der Waals surface area contributed by atoms with Crippen molar-refractivity contribution < 1.29 is 0 Å². The topological polar surface area (TPSA) is 76.5 Å². The van der Waals surface area contributed by atoms with Crippen LogP contribution in [-0.2, 0) is 13.0 Å². The lowest BCUT2D eigenvalue weighted by molar-refractivity contribution is 0.156. The molecule has 0 aromatic carbocycles. The van der Waals surface area contributed by atoms with Crippen LogP contribution in [0.4, 0.5) is 0 Å². The number of nitrogens with zero attached hydrogens (tertiary/aromatic N) is 4. The molecule has 2 N–H and O–H groups in total. The maximum atomic E-state index is 12.1. The summed E-state index contributed by atoms with van der Waals surface area (Å²) in [4.78, 5) is 19.7. The fraction of sp³-hybridized carbons (Fsp3) is 0.643. The van der Waals surface area contributed by atoms with Crippen molar-refractivity contribution in [3.05, 3.63) is 27.1 Å². The molecule has 0 amide bonds. The van der Waals surface area contributed by atoms with Crippen molar-refractivity contribution in [1.82, 2.24) is 19.5 Å². The van der Waals surface area contributed by atoms with Crippen LogP contribution in [0.1, 0.15) is 31.0 Å². The van der Waals surface area contributed by atoms with Gasteiger partial charge in [0.15, 0.2) is 0 Å². The van der Waals surface area contributed by atoms with E-state index in [1.807, 2.05) is 6.92 Å². The molecule has 1 aliphatic heterocycles. The van der Waals surface area contributed by atoms with E-state index >= 15 is 0 Å².